The molecule has 13 heteroatoms. The van der Waals surface area contributed by atoms with Crippen molar-refractivity contribution in [1.82, 2.24) is 5.32 Å². The molecule has 3 N–H and O–H groups in total. The number of nitrogens with zero attached hydrogens (tertiary/aromatic N) is 1. The fraction of sp³-hybridized carbons (Fsp3) is 0.714. The average molecular weight is 442 g/mol. The largest absolute Gasteiger partial charge is 0.314 e. The van der Waals surface area contributed by atoms with Crippen LogP contribution < -0.4 is 10.5 Å². The third-order valence-corrected chi connectivity index (χ3v) is 9.67. The van der Waals surface area contributed by atoms with Gasteiger partial charge in [-0.3, -0.25) is 0 Å². The SMILES string of the molecule is CC(C)CCN[C@H]1C[C@H](CCO[N+](=O)[O-])S(=O)(=O)c2sc(S(N)(=O)=O)cc21. The van der Waals surface area contributed by atoms with Crippen LogP contribution in [0.15, 0.2) is 14.5 Å². The van der Waals surface area contributed by atoms with Gasteiger partial charge in [-0.15, -0.1) is 21.5 Å². The first-order valence-corrected chi connectivity index (χ1v) is 12.2. The summed E-state index contributed by atoms with van der Waals surface area (Å²) in [5.74, 6) is 0.441. The Labute approximate surface area is 162 Å². The van der Waals surface area contributed by atoms with E-state index in [1.54, 1.807) is 0 Å². The summed E-state index contributed by atoms with van der Waals surface area (Å²) in [5, 5.41) is 16.9. The van der Waals surface area contributed by atoms with Gasteiger partial charge < -0.3 is 10.2 Å². The minimum Gasteiger partial charge on any atom is -0.314 e. The molecule has 0 saturated heterocycles. The number of hydrogen-bond acceptors (Lipinski definition) is 9. The molecule has 1 aromatic rings. The van der Waals surface area contributed by atoms with Crippen molar-refractivity contribution in [2.45, 2.75) is 52.8 Å². The number of primary sulfonamides is 1. The summed E-state index contributed by atoms with van der Waals surface area (Å²) in [5.41, 5.74) is 0.388. The van der Waals surface area contributed by atoms with Crippen molar-refractivity contribution in [2.75, 3.05) is 13.2 Å². The molecule has 1 aromatic heterocycles. The molecule has 2 heterocycles. The van der Waals surface area contributed by atoms with E-state index in [0.717, 1.165) is 6.42 Å². The molecule has 0 radical (unpaired) electrons. The van der Waals surface area contributed by atoms with E-state index in [0.29, 0.717) is 29.4 Å². The Morgan fingerprint density at radius 3 is 2.70 bits per heavy atom. The van der Waals surface area contributed by atoms with Crippen LogP contribution in [0, 0.1) is 16.0 Å². The summed E-state index contributed by atoms with van der Waals surface area (Å²) < 4.78 is 48.8. The van der Waals surface area contributed by atoms with E-state index in [1.807, 2.05) is 0 Å². The number of sulfonamides is 1. The number of thiophene rings is 1. The number of hydrogen-bond donors (Lipinski definition) is 2. The first kappa shape index (κ1) is 22.0. The molecule has 1 aliphatic rings. The Morgan fingerprint density at radius 2 is 2.15 bits per heavy atom. The van der Waals surface area contributed by atoms with Gasteiger partial charge in [0.15, 0.2) is 9.84 Å². The van der Waals surface area contributed by atoms with E-state index in [2.05, 4.69) is 24.0 Å². The minimum absolute atomic E-state index is 0.0501. The second kappa shape index (κ2) is 8.39. The second-order valence-electron chi connectivity index (χ2n) is 6.79. The molecule has 1 aliphatic heterocycles. The molecule has 0 unspecified atom stereocenters. The molecular weight excluding hydrogens is 418 g/mol. The van der Waals surface area contributed by atoms with Crippen molar-refractivity contribution in [2.24, 2.45) is 11.1 Å². The summed E-state index contributed by atoms with van der Waals surface area (Å²) >= 11 is 0.621. The molecular formula is C14H23N3O7S3. The highest BCUT2D eigenvalue weighted by Crippen LogP contribution is 2.43. The first-order chi connectivity index (χ1) is 12.4. The van der Waals surface area contributed by atoms with Gasteiger partial charge in [0.05, 0.1) is 11.9 Å². The Bertz CT molecular complexity index is 893. The zero-order valence-electron chi connectivity index (χ0n) is 15.0. The highest BCUT2D eigenvalue weighted by Gasteiger charge is 2.41. The standard InChI is InChI=1S/C14H23N3O7S3/c1-9(2)3-5-16-12-7-10(4-6-24-17(18)19)26(20,21)14-11(12)8-13(25-14)27(15,22)23/h8-10,12,16H,3-7H2,1-2H3,(H2,15,22,23)/t10-,12-/m0/s1. The lowest BCUT2D eigenvalue weighted by Gasteiger charge is -2.30. The lowest BCUT2D eigenvalue weighted by molar-refractivity contribution is -0.757. The van der Waals surface area contributed by atoms with Crippen LogP contribution in [0.5, 0.6) is 0 Å². The molecule has 0 bridgehead atoms. The van der Waals surface area contributed by atoms with Gasteiger partial charge in [0.1, 0.15) is 8.42 Å². The average Bonchev–Trinajstić information content (AvgIpc) is 2.97. The molecule has 154 valence electrons. The van der Waals surface area contributed by atoms with E-state index in [9.17, 15) is 26.9 Å². The van der Waals surface area contributed by atoms with Crippen molar-refractivity contribution in [3.8, 4) is 0 Å². The maximum Gasteiger partial charge on any atom is 0.294 e. The maximum atomic E-state index is 12.9. The quantitative estimate of drug-likeness (QED) is 0.427. The van der Waals surface area contributed by atoms with Crippen molar-refractivity contribution in [1.29, 1.82) is 0 Å². The Morgan fingerprint density at radius 1 is 1.48 bits per heavy atom. The lowest BCUT2D eigenvalue weighted by atomic mass is 10.0. The Hall–Kier alpha value is -1.28. The predicted octanol–water partition coefficient (Wildman–Crippen LogP) is 1.22. The topological polar surface area (TPSA) is 159 Å². The molecule has 27 heavy (non-hydrogen) atoms. The molecule has 0 aliphatic carbocycles. The van der Waals surface area contributed by atoms with Crippen molar-refractivity contribution >= 4 is 31.2 Å². The fourth-order valence-electron chi connectivity index (χ4n) is 2.91. The normalized spacial score (nSPS) is 21.8. The van der Waals surface area contributed by atoms with Gasteiger partial charge in [-0.2, -0.15) is 0 Å². The smallest absolute Gasteiger partial charge is 0.294 e. The third-order valence-electron chi connectivity index (χ3n) is 4.30. The van der Waals surface area contributed by atoms with Crippen LogP contribution in [0.4, 0.5) is 0 Å². The lowest BCUT2D eigenvalue weighted by Crippen LogP contribution is -2.36. The number of fused-ring (bicyclic) bond motifs is 1. The molecule has 0 spiro atoms. The minimum atomic E-state index is -4.04. The van der Waals surface area contributed by atoms with E-state index in [-0.39, 0.29) is 33.9 Å². The zero-order valence-corrected chi connectivity index (χ0v) is 17.4. The summed E-state index contributed by atoms with van der Waals surface area (Å²) in [6.07, 6.45) is 0.975. The van der Waals surface area contributed by atoms with E-state index in [1.165, 1.54) is 6.07 Å². The highest BCUT2D eigenvalue weighted by atomic mass is 32.3. The van der Waals surface area contributed by atoms with Gasteiger partial charge in [-0.25, -0.2) is 22.0 Å². The molecule has 0 amide bonds. The van der Waals surface area contributed by atoms with Crippen LogP contribution >= 0.6 is 11.3 Å². The molecule has 2 atom stereocenters. The first-order valence-electron chi connectivity index (χ1n) is 8.34. The highest BCUT2D eigenvalue weighted by molar-refractivity contribution is 7.95. The van der Waals surface area contributed by atoms with E-state index >= 15 is 0 Å². The summed E-state index contributed by atoms with van der Waals surface area (Å²) in [6, 6.07) is 0.929. The van der Waals surface area contributed by atoms with E-state index in [4.69, 9.17) is 5.14 Å². The Kier molecular flexibility index (Phi) is 6.84. The van der Waals surface area contributed by atoms with Gasteiger partial charge in [0, 0.05) is 11.6 Å². The van der Waals surface area contributed by atoms with Crippen molar-refractivity contribution in [3.05, 3.63) is 21.7 Å². The second-order valence-corrected chi connectivity index (χ2v) is 12.1. The molecule has 0 saturated carbocycles. The number of sulfone groups is 1. The van der Waals surface area contributed by atoms with Crippen LogP contribution in [0.2, 0.25) is 0 Å². The number of nitrogens with two attached hydrogens (primary N) is 1. The monoisotopic (exact) mass is 441 g/mol. The third kappa shape index (κ3) is 5.38. The molecule has 10 nitrogen and oxygen atoms in total. The maximum absolute atomic E-state index is 12.9. The zero-order chi connectivity index (χ0) is 20.4. The van der Waals surface area contributed by atoms with Crippen LogP contribution in [0.1, 0.15) is 44.7 Å². The number of rotatable bonds is 9. The fourth-order valence-corrected chi connectivity index (χ4v) is 7.59. The molecule has 2 rings (SSSR count). The number of nitrogens with one attached hydrogen (secondary N) is 1. The Balaban J connectivity index is 2.35. The van der Waals surface area contributed by atoms with Crippen LogP contribution in [0.25, 0.3) is 0 Å². The van der Waals surface area contributed by atoms with Crippen molar-refractivity contribution in [3.63, 3.8) is 0 Å². The summed E-state index contributed by atoms with van der Waals surface area (Å²) in [6.45, 7) is 4.39. The summed E-state index contributed by atoms with van der Waals surface area (Å²) in [4.78, 5) is 14.6. The van der Waals surface area contributed by atoms with Gasteiger partial charge >= 0.3 is 0 Å². The molecule has 0 aromatic carbocycles. The van der Waals surface area contributed by atoms with Gasteiger partial charge in [-0.05, 0) is 37.8 Å². The van der Waals surface area contributed by atoms with Gasteiger partial charge in [-0.1, -0.05) is 13.8 Å². The molecule has 0 fully saturated rings. The predicted molar refractivity (Wildman–Crippen MR) is 99.0 cm³/mol. The van der Waals surface area contributed by atoms with Crippen molar-refractivity contribution < 1.29 is 26.8 Å². The van der Waals surface area contributed by atoms with Gasteiger partial charge in [0.25, 0.3) is 5.09 Å². The van der Waals surface area contributed by atoms with E-state index < -0.39 is 30.2 Å². The van der Waals surface area contributed by atoms with Crippen LogP contribution in [-0.4, -0.2) is 40.3 Å². The van der Waals surface area contributed by atoms with Crippen LogP contribution in [0.3, 0.4) is 0 Å². The summed E-state index contributed by atoms with van der Waals surface area (Å²) in [7, 11) is -7.88. The van der Waals surface area contributed by atoms with Gasteiger partial charge in [0.2, 0.25) is 10.0 Å². The van der Waals surface area contributed by atoms with Crippen LogP contribution in [-0.2, 0) is 24.7 Å².